The van der Waals surface area contributed by atoms with Gasteiger partial charge >= 0.3 is 0 Å². The second-order valence-corrected chi connectivity index (χ2v) is 12.3. The Morgan fingerprint density at radius 1 is 0.512 bits per heavy atom. The highest BCUT2D eigenvalue weighted by Gasteiger charge is 2.26. The minimum atomic E-state index is -0.824. The van der Waals surface area contributed by atoms with Gasteiger partial charge in [-0.25, -0.2) is 0 Å². The molecule has 0 aromatic heterocycles. The topological polar surface area (TPSA) is 40.5 Å². The van der Waals surface area contributed by atoms with Crippen molar-refractivity contribution in [2.75, 3.05) is 0 Å². The van der Waals surface area contributed by atoms with Gasteiger partial charge in [-0.15, -0.1) is 0 Å². The van der Waals surface area contributed by atoms with Crippen molar-refractivity contribution in [1.82, 2.24) is 0 Å². The van der Waals surface area contributed by atoms with Crippen molar-refractivity contribution in [1.29, 1.82) is 0 Å². The van der Waals surface area contributed by atoms with Gasteiger partial charge in [-0.05, 0) is 121 Å². The Hall–Kier alpha value is -3.63. The molecule has 2 N–H and O–H groups in total. The fraction of sp³-hybridized carbons (Fsp3) is 0.211. The Morgan fingerprint density at radius 2 is 0.951 bits per heavy atom. The normalized spacial score (nSPS) is 12.8. The Morgan fingerprint density at radius 3 is 1.44 bits per heavy atom. The first-order valence-corrected chi connectivity index (χ1v) is 14.9. The predicted molar refractivity (Wildman–Crippen MR) is 172 cm³/mol. The summed E-state index contributed by atoms with van der Waals surface area (Å²) >= 11 is 1.62. The molecule has 3 heteroatoms. The molecule has 0 aliphatic heterocycles. The van der Waals surface area contributed by atoms with Crippen LogP contribution in [0, 0.1) is 41.5 Å². The summed E-state index contributed by atoms with van der Waals surface area (Å²) in [5, 5.41) is 24.1. The second kappa shape index (κ2) is 12.1. The third kappa shape index (κ3) is 6.04. The van der Waals surface area contributed by atoms with Crippen LogP contribution in [-0.4, -0.2) is 10.2 Å². The fourth-order valence-corrected chi connectivity index (χ4v) is 7.20. The molecule has 41 heavy (non-hydrogen) atoms. The highest BCUT2D eigenvalue weighted by Crippen LogP contribution is 2.44. The average molecular weight is 559 g/mol. The zero-order valence-corrected chi connectivity index (χ0v) is 25.5. The highest BCUT2D eigenvalue weighted by atomic mass is 32.2. The number of hydrogen-bond donors (Lipinski definition) is 2. The van der Waals surface area contributed by atoms with E-state index in [2.05, 4.69) is 102 Å². The Labute approximate surface area is 248 Å². The van der Waals surface area contributed by atoms with Gasteiger partial charge in [-0.2, -0.15) is 0 Å². The molecule has 0 fully saturated rings. The maximum absolute atomic E-state index is 12.1. The van der Waals surface area contributed by atoms with Gasteiger partial charge < -0.3 is 10.2 Å². The van der Waals surface area contributed by atoms with Gasteiger partial charge in [0.25, 0.3) is 0 Å². The van der Waals surface area contributed by atoms with Crippen molar-refractivity contribution in [2.24, 2.45) is 0 Å². The summed E-state index contributed by atoms with van der Waals surface area (Å²) < 4.78 is 0. The van der Waals surface area contributed by atoms with E-state index in [1.807, 2.05) is 36.4 Å². The monoisotopic (exact) mass is 558 g/mol. The summed E-state index contributed by atoms with van der Waals surface area (Å²) in [6.45, 7) is 12.5. The first kappa shape index (κ1) is 28.9. The Balaban J connectivity index is 1.78. The van der Waals surface area contributed by atoms with E-state index in [-0.39, 0.29) is 0 Å². The van der Waals surface area contributed by atoms with E-state index in [0.717, 1.165) is 65.4 Å². The molecule has 2 nitrogen and oxygen atoms in total. The summed E-state index contributed by atoms with van der Waals surface area (Å²) in [6.07, 6.45) is -1.65. The largest absolute Gasteiger partial charge is 0.384 e. The lowest BCUT2D eigenvalue weighted by atomic mass is 9.85. The van der Waals surface area contributed by atoms with E-state index in [4.69, 9.17) is 0 Å². The molecule has 0 aliphatic carbocycles. The predicted octanol–water partition coefficient (Wildman–Crippen LogP) is 9.52. The van der Waals surface area contributed by atoms with Crippen molar-refractivity contribution in [3.63, 3.8) is 0 Å². The maximum atomic E-state index is 12.1. The van der Waals surface area contributed by atoms with Crippen molar-refractivity contribution < 1.29 is 10.2 Å². The zero-order valence-electron chi connectivity index (χ0n) is 24.7. The lowest BCUT2D eigenvalue weighted by Gasteiger charge is -2.26. The molecule has 2 atom stereocenters. The number of hydrogen-bond acceptors (Lipinski definition) is 3. The molecule has 0 aliphatic rings. The quantitative estimate of drug-likeness (QED) is 0.209. The second-order valence-electron chi connectivity index (χ2n) is 11.2. The lowest BCUT2D eigenvalue weighted by Crippen LogP contribution is -2.11. The van der Waals surface area contributed by atoms with Crippen LogP contribution in [0.5, 0.6) is 0 Å². The molecule has 5 rings (SSSR count). The maximum Gasteiger partial charge on any atom is 0.106 e. The van der Waals surface area contributed by atoms with E-state index < -0.39 is 12.2 Å². The zero-order chi connectivity index (χ0) is 29.3. The summed E-state index contributed by atoms with van der Waals surface area (Å²) in [7, 11) is 0. The molecule has 0 heterocycles. The van der Waals surface area contributed by atoms with Gasteiger partial charge in [0.15, 0.2) is 0 Å². The molecular formula is C38H38O2S. The van der Waals surface area contributed by atoms with E-state index in [0.29, 0.717) is 0 Å². The molecular weight excluding hydrogens is 520 g/mol. The van der Waals surface area contributed by atoms with Crippen molar-refractivity contribution in [2.45, 2.75) is 63.5 Å². The molecule has 208 valence electrons. The van der Waals surface area contributed by atoms with Crippen LogP contribution in [-0.2, 0) is 0 Å². The molecule has 0 amide bonds. The van der Waals surface area contributed by atoms with Gasteiger partial charge in [0.1, 0.15) is 12.2 Å². The van der Waals surface area contributed by atoms with Gasteiger partial charge in [0.2, 0.25) is 0 Å². The Bertz CT molecular complexity index is 1640. The minimum Gasteiger partial charge on any atom is -0.384 e. The third-order valence-electron chi connectivity index (χ3n) is 7.85. The van der Waals surface area contributed by atoms with Crippen LogP contribution in [0.1, 0.15) is 67.8 Å². The van der Waals surface area contributed by atoms with Gasteiger partial charge in [0, 0.05) is 9.79 Å². The number of aliphatic hydroxyl groups excluding tert-OH is 2. The number of benzene rings is 5. The van der Waals surface area contributed by atoms with Crippen LogP contribution in [0.25, 0.3) is 11.1 Å². The van der Waals surface area contributed by atoms with Crippen molar-refractivity contribution in [3.8, 4) is 11.1 Å². The lowest BCUT2D eigenvalue weighted by molar-refractivity contribution is 0.212. The van der Waals surface area contributed by atoms with Gasteiger partial charge in [0.05, 0.1) is 0 Å². The molecule has 0 radical (unpaired) electrons. The highest BCUT2D eigenvalue weighted by molar-refractivity contribution is 7.99. The van der Waals surface area contributed by atoms with Crippen LogP contribution in [0.4, 0.5) is 0 Å². The summed E-state index contributed by atoms with van der Waals surface area (Å²) in [4.78, 5) is 2.01. The first-order chi connectivity index (χ1) is 19.6. The molecule has 5 aromatic carbocycles. The number of aliphatic hydroxyl groups is 2. The molecule has 5 aromatic rings. The summed E-state index contributed by atoms with van der Waals surface area (Å²) in [6, 6.07) is 33.1. The number of aryl methyl sites for hydroxylation is 6. The summed E-state index contributed by atoms with van der Waals surface area (Å²) in [5.74, 6) is 0. The van der Waals surface area contributed by atoms with Gasteiger partial charge in [-0.1, -0.05) is 95.7 Å². The van der Waals surface area contributed by atoms with Crippen LogP contribution in [0.15, 0.2) is 107 Å². The molecule has 2 unspecified atom stereocenters. The summed E-state index contributed by atoms with van der Waals surface area (Å²) in [5.41, 5.74) is 12.1. The average Bonchev–Trinajstić information content (AvgIpc) is 2.92. The van der Waals surface area contributed by atoms with E-state index >= 15 is 0 Å². The molecule has 0 saturated carbocycles. The van der Waals surface area contributed by atoms with Crippen LogP contribution < -0.4 is 0 Å². The van der Waals surface area contributed by atoms with Crippen LogP contribution in [0.3, 0.4) is 0 Å². The van der Waals surface area contributed by atoms with Crippen LogP contribution in [0.2, 0.25) is 0 Å². The Kier molecular flexibility index (Phi) is 8.51. The van der Waals surface area contributed by atoms with Crippen molar-refractivity contribution in [3.05, 3.63) is 153 Å². The molecule has 0 bridgehead atoms. The van der Waals surface area contributed by atoms with Gasteiger partial charge in [-0.3, -0.25) is 0 Å². The standard InChI is InChI=1S/C38H38O2S/c1-23-17-25(3)35(26(4)18-23)37(39)32-22-34(41-30-15-11-8-12-16-30)33(21-31(32)29-13-9-7-10-14-29)38(40)36-27(5)19-24(2)20-28(36)6/h7-22,37-40H,1-6H3. The van der Waals surface area contributed by atoms with E-state index in [1.54, 1.807) is 11.8 Å². The fourth-order valence-electron chi connectivity index (χ4n) is 6.18. The SMILES string of the molecule is Cc1cc(C)c(C(O)c2cc(-c3ccccc3)c(C(O)c3c(C)cc(C)cc3C)cc2Sc2ccccc2)c(C)c1. The van der Waals surface area contributed by atoms with E-state index in [9.17, 15) is 10.2 Å². The van der Waals surface area contributed by atoms with E-state index in [1.165, 1.54) is 11.1 Å². The first-order valence-electron chi connectivity index (χ1n) is 14.1. The smallest absolute Gasteiger partial charge is 0.106 e. The van der Waals surface area contributed by atoms with Crippen molar-refractivity contribution >= 4 is 11.8 Å². The minimum absolute atomic E-state index is 0.821. The van der Waals surface area contributed by atoms with Crippen LogP contribution >= 0.6 is 11.8 Å². The molecule has 0 saturated heterocycles. The third-order valence-corrected chi connectivity index (χ3v) is 8.93. The molecule has 0 spiro atoms. The number of rotatable bonds is 7.